The molecule has 4 nitrogen and oxygen atoms in total. The third-order valence-electron chi connectivity index (χ3n) is 3.21. The summed E-state index contributed by atoms with van der Waals surface area (Å²) in [5.74, 6) is -0.119. The maximum atomic E-state index is 12.3. The minimum atomic E-state index is -0.679. The van der Waals surface area contributed by atoms with Gasteiger partial charge >= 0.3 is 0 Å². The van der Waals surface area contributed by atoms with E-state index in [9.17, 15) is 4.79 Å². The lowest BCUT2D eigenvalue weighted by atomic mass is 9.85. The number of hydrogen-bond acceptors (Lipinski definition) is 3. The van der Waals surface area contributed by atoms with Crippen LogP contribution in [-0.4, -0.2) is 25.2 Å². The Morgan fingerprint density at radius 2 is 2.28 bits per heavy atom. The summed E-state index contributed by atoms with van der Waals surface area (Å²) in [6.07, 6.45) is 0. The zero-order valence-corrected chi connectivity index (χ0v) is 13.0. The Bertz CT molecular complexity index is 481. The van der Waals surface area contributed by atoms with Crippen molar-refractivity contribution < 1.29 is 9.53 Å². The average Bonchev–Trinajstić information content (AvgIpc) is 2.66. The Balaban J connectivity index is 2.19. The van der Waals surface area contributed by atoms with Crippen LogP contribution in [0.15, 0.2) is 27.1 Å². The average molecular weight is 378 g/mol. The van der Waals surface area contributed by atoms with Gasteiger partial charge in [-0.2, -0.15) is 0 Å². The molecule has 0 spiro atoms. The van der Waals surface area contributed by atoms with Crippen LogP contribution in [0, 0.1) is 5.41 Å². The monoisotopic (exact) mass is 376 g/mol. The van der Waals surface area contributed by atoms with Crippen molar-refractivity contribution in [3.8, 4) is 0 Å². The molecule has 1 aliphatic heterocycles. The summed E-state index contributed by atoms with van der Waals surface area (Å²) in [5, 5.41) is 2.89. The van der Waals surface area contributed by atoms with E-state index in [0.29, 0.717) is 13.2 Å². The van der Waals surface area contributed by atoms with Gasteiger partial charge < -0.3 is 15.8 Å². The number of halogens is 2. The number of amides is 1. The normalized spacial score (nSPS) is 27.2. The molecule has 0 aromatic heterocycles. The van der Waals surface area contributed by atoms with Gasteiger partial charge in [0.2, 0.25) is 5.91 Å². The first kappa shape index (κ1) is 14.0. The molecule has 1 aromatic rings. The summed E-state index contributed by atoms with van der Waals surface area (Å²) in [4.78, 5) is 12.3. The largest absolute Gasteiger partial charge is 0.379 e. The molecule has 2 atom stereocenters. The van der Waals surface area contributed by atoms with Crippen molar-refractivity contribution in [2.75, 3.05) is 18.5 Å². The molecule has 1 aromatic carbocycles. The lowest BCUT2D eigenvalue weighted by Gasteiger charge is -2.25. The number of carbonyl (C=O) groups excluding carboxylic acids is 1. The SMILES string of the molecule is CC1(C(=O)Nc2cc(Br)ccc2Br)COCC1N. The van der Waals surface area contributed by atoms with Crippen molar-refractivity contribution in [3.05, 3.63) is 27.1 Å². The Morgan fingerprint density at radius 3 is 2.89 bits per heavy atom. The molecule has 2 rings (SSSR count). The minimum absolute atomic E-state index is 0.119. The molecule has 3 N–H and O–H groups in total. The molecule has 18 heavy (non-hydrogen) atoms. The van der Waals surface area contributed by atoms with Gasteiger partial charge in [-0.3, -0.25) is 4.79 Å². The molecule has 2 unspecified atom stereocenters. The van der Waals surface area contributed by atoms with Crippen LogP contribution < -0.4 is 11.1 Å². The molecule has 0 aliphatic carbocycles. The van der Waals surface area contributed by atoms with Gasteiger partial charge in [-0.25, -0.2) is 0 Å². The van der Waals surface area contributed by atoms with Crippen LogP contribution in [0.2, 0.25) is 0 Å². The molecule has 6 heteroatoms. The van der Waals surface area contributed by atoms with Crippen molar-refractivity contribution in [2.24, 2.45) is 11.1 Å². The number of ether oxygens (including phenoxy) is 1. The van der Waals surface area contributed by atoms with Crippen LogP contribution in [0.5, 0.6) is 0 Å². The number of hydrogen-bond donors (Lipinski definition) is 2. The third kappa shape index (κ3) is 2.61. The van der Waals surface area contributed by atoms with Crippen LogP contribution in [0.1, 0.15) is 6.92 Å². The second-order valence-corrected chi connectivity index (χ2v) is 6.39. The van der Waals surface area contributed by atoms with Crippen LogP contribution in [-0.2, 0) is 9.53 Å². The van der Waals surface area contributed by atoms with Gasteiger partial charge in [-0.15, -0.1) is 0 Å². The number of nitrogens with one attached hydrogen (secondary N) is 1. The number of anilines is 1. The lowest BCUT2D eigenvalue weighted by Crippen LogP contribution is -2.47. The Labute approximate surface area is 123 Å². The highest BCUT2D eigenvalue weighted by Crippen LogP contribution is 2.31. The van der Waals surface area contributed by atoms with Gasteiger partial charge in [0.05, 0.1) is 24.3 Å². The summed E-state index contributed by atoms with van der Waals surface area (Å²) in [6.45, 7) is 2.60. The molecule has 1 saturated heterocycles. The lowest BCUT2D eigenvalue weighted by molar-refractivity contribution is -0.125. The van der Waals surface area contributed by atoms with E-state index in [0.717, 1.165) is 14.6 Å². The number of carbonyl (C=O) groups is 1. The molecule has 1 amide bonds. The number of rotatable bonds is 2. The van der Waals surface area contributed by atoms with Gasteiger partial charge in [0, 0.05) is 15.0 Å². The minimum Gasteiger partial charge on any atom is -0.379 e. The summed E-state index contributed by atoms with van der Waals surface area (Å²) in [7, 11) is 0. The fourth-order valence-electron chi connectivity index (χ4n) is 1.78. The summed E-state index contributed by atoms with van der Waals surface area (Å²) >= 11 is 6.78. The molecule has 0 bridgehead atoms. The van der Waals surface area contributed by atoms with E-state index in [1.54, 1.807) is 0 Å². The highest BCUT2D eigenvalue weighted by Gasteiger charge is 2.44. The van der Waals surface area contributed by atoms with E-state index < -0.39 is 5.41 Å². The molecule has 0 saturated carbocycles. The van der Waals surface area contributed by atoms with E-state index in [1.165, 1.54) is 0 Å². The highest BCUT2D eigenvalue weighted by molar-refractivity contribution is 9.11. The van der Waals surface area contributed by atoms with Gasteiger partial charge in [-0.1, -0.05) is 15.9 Å². The van der Waals surface area contributed by atoms with Gasteiger partial charge in [0.25, 0.3) is 0 Å². The molecular formula is C12H14Br2N2O2. The highest BCUT2D eigenvalue weighted by atomic mass is 79.9. The van der Waals surface area contributed by atoms with Crippen LogP contribution in [0.25, 0.3) is 0 Å². The second-order valence-electron chi connectivity index (χ2n) is 4.62. The maximum Gasteiger partial charge on any atom is 0.234 e. The van der Waals surface area contributed by atoms with E-state index in [2.05, 4.69) is 37.2 Å². The van der Waals surface area contributed by atoms with Crippen molar-refractivity contribution in [1.29, 1.82) is 0 Å². The van der Waals surface area contributed by atoms with Crippen molar-refractivity contribution in [1.82, 2.24) is 0 Å². The van der Waals surface area contributed by atoms with Gasteiger partial charge in [-0.05, 0) is 41.1 Å². The fourth-order valence-corrected chi connectivity index (χ4v) is 2.49. The number of benzene rings is 1. The molecule has 1 fully saturated rings. The first-order valence-electron chi connectivity index (χ1n) is 5.53. The quantitative estimate of drug-likeness (QED) is 0.832. The molecule has 0 radical (unpaired) electrons. The maximum absolute atomic E-state index is 12.3. The summed E-state index contributed by atoms with van der Waals surface area (Å²) in [6, 6.07) is 5.33. The van der Waals surface area contributed by atoms with Crippen molar-refractivity contribution >= 4 is 43.5 Å². The number of nitrogens with two attached hydrogens (primary N) is 1. The van der Waals surface area contributed by atoms with Crippen molar-refractivity contribution in [2.45, 2.75) is 13.0 Å². The molecule has 1 heterocycles. The Kier molecular flexibility index (Phi) is 4.11. The van der Waals surface area contributed by atoms with Crippen LogP contribution in [0.4, 0.5) is 5.69 Å². The molecule has 98 valence electrons. The standard InChI is InChI=1S/C12H14Br2N2O2/c1-12(6-18-5-10(12)15)11(17)16-9-4-7(13)2-3-8(9)14/h2-4,10H,5-6,15H2,1H3,(H,16,17). The summed E-state index contributed by atoms with van der Waals surface area (Å²) in [5.41, 5.74) is 5.97. The first-order chi connectivity index (χ1) is 8.43. The van der Waals surface area contributed by atoms with Crippen LogP contribution >= 0.6 is 31.9 Å². The van der Waals surface area contributed by atoms with E-state index in [-0.39, 0.29) is 11.9 Å². The Hall–Kier alpha value is -0.430. The van der Waals surface area contributed by atoms with Crippen LogP contribution in [0.3, 0.4) is 0 Å². The first-order valence-corrected chi connectivity index (χ1v) is 7.12. The zero-order chi connectivity index (χ0) is 13.3. The predicted octanol–water partition coefficient (Wildman–Crippen LogP) is 2.51. The second kappa shape index (κ2) is 5.28. The molecule has 1 aliphatic rings. The van der Waals surface area contributed by atoms with E-state index in [1.807, 2.05) is 25.1 Å². The summed E-state index contributed by atoms with van der Waals surface area (Å²) < 4.78 is 7.01. The smallest absolute Gasteiger partial charge is 0.234 e. The van der Waals surface area contributed by atoms with Gasteiger partial charge in [0.15, 0.2) is 0 Å². The Morgan fingerprint density at radius 1 is 1.56 bits per heavy atom. The predicted molar refractivity (Wildman–Crippen MR) is 77.4 cm³/mol. The fraction of sp³-hybridized carbons (Fsp3) is 0.417. The third-order valence-corrected chi connectivity index (χ3v) is 4.40. The van der Waals surface area contributed by atoms with Crippen molar-refractivity contribution in [3.63, 3.8) is 0 Å². The molecular weight excluding hydrogens is 364 g/mol. The van der Waals surface area contributed by atoms with E-state index in [4.69, 9.17) is 10.5 Å². The zero-order valence-electron chi connectivity index (χ0n) is 9.87. The van der Waals surface area contributed by atoms with E-state index >= 15 is 0 Å². The topological polar surface area (TPSA) is 64.3 Å². The van der Waals surface area contributed by atoms with Gasteiger partial charge in [0.1, 0.15) is 0 Å².